The Labute approximate surface area is 131 Å². The molecule has 0 spiro atoms. The first-order valence-electron chi connectivity index (χ1n) is 7.13. The van der Waals surface area contributed by atoms with E-state index >= 15 is 0 Å². The Morgan fingerprint density at radius 2 is 1.90 bits per heavy atom. The maximum Gasteiger partial charge on any atom is 0.142 e. The molecule has 0 aromatic heterocycles. The minimum atomic E-state index is 0.498. The van der Waals surface area contributed by atoms with Crippen molar-refractivity contribution in [2.45, 2.75) is 13.5 Å². The predicted octanol–water partition coefficient (Wildman–Crippen LogP) is 4.54. The van der Waals surface area contributed by atoms with Gasteiger partial charge in [-0.3, -0.25) is 0 Å². The van der Waals surface area contributed by atoms with Gasteiger partial charge in [-0.15, -0.1) is 0 Å². The van der Waals surface area contributed by atoms with E-state index < -0.39 is 0 Å². The van der Waals surface area contributed by atoms with Crippen LogP contribution in [0.4, 0.5) is 0 Å². The summed E-state index contributed by atoms with van der Waals surface area (Å²) < 4.78 is 5.83. The van der Waals surface area contributed by atoms with Gasteiger partial charge in [0.05, 0.1) is 5.02 Å². The van der Waals surface area contributed by atoms with Gasteiger partial charge < -0.3 is 10.1 Å². The lowest BCUT2D eigenvalue weighted by Gasteiger charge is -2.12. The maximum absolute atomic E-state index is 6.23. The standard InChI is InChI=1S/C18H20ClNO/c1-2-20-14-16-11-6-12-17(19)18(16)21-13-7-10-15-8-4-3-5-9-15/h3-12,20H,2,13-14H2,1H3/b10-7+. The number of hydrogen-bond donors (Lipinski definition) is 1. The third kappa shape index (κ3) is 4.92. The van der Waals surface area contributed by atoms with Crippen LogP contribution in [-0.4, -0.2) is 13.2 Å². The Balaban J connectivity index is 1.97. The van der Waals surface area contributed by atoms with E-state index in [9.17, 15) is 0 Å². The predicted molar refractivity (Wildman–Crippen MR) is 89.8 cm³/mol. The van der Waals surface area contributed by atoms with Crippen LogP contribution in [0.15, 0.2) is 54.6 Å². The highest BCUT2D eigenvalue weighted by Gasteiger charge is 2.07. The molecule has 2 rings (SSSR count). The normalized spacial score (nSPS) is 11.0. The van der Waals surface area contributed by atoms with Crippen molar-refractivity contribution < 1.29 is 4.74 Å². The third-order valence-electron chi connectivity index (χ3n) is 3.05. The first-order valence-corrected chi connectivity index (χ1v) is 7.51. The fourth-order valence-corrected chi connectivity index (χ4v) is 2.24. The van der Waals surface area contributed by atoms with Crippen molar-refractivity contribution in [3.05, 3.63) is 70.8 Å². The van der Waals surface area contributed by atoms with E-state index in [0.717, 1.165) is 30.0 Å². The van der Waals surface area contributed by atoms with Crippen molar-refractivity contribution in [2.75, 3.05) is 13.2 Å². The second-order valence-electron chi connectivity index (χ2n) is 4.63. The first-order chi connectivity index (χ1) is 10.3. The fourth-order valence-electron chi connectivity index (χ4n) is 1.99. The molecule has 21 heavy (non-hydrogen) atoms. The summed E-state index contributed by atoms with van der Waals surface area (Å²) in [7, 11) is 0. The zero-order chi connectivity index (χ0) is 14.9. The molecule has 0 heterocycles. The van der Waals surface area contributed by atoms with Gasteiger partial charge in [0.2, 0.25) is 0 Å². The van der Waals surface area contributed by atoms with E-state index in [1.165, 1.54) is 0 Å². The molecular weight excluding hydrogens is 282 g/mol. The summed E-state index contributed by atoms with van der Waals surface area (Å²) >= 11 is 6.23. The lowest BCUT2D eigenvalue weighted by Crippen LogP contribution is -2.13. The molecule has 0 aliphatic carbocycles. The zero-order valence-electron chi connectivity index (χ0n) is 12.2. The molecule has 1 N–H and O–H groups in total. The molecule has 0 aliphatic heterocycles. The summed E-state index contributed by atoms with van der Waals surface area (Å²) in [5.74, 6) is 0.762. The van der Waals surface area contributed by atoms with E-state index in [4.69, 9.17) is 16.3 Å². The van der Waals surface area contributed by atoms with Crippen LogP contribution < -0.4 is 10.1 Å². The van der Waals surface area contributed by atoms with E-state index in [0.29, 0.717) is 11.6 Å². The lowest BCUT2D eigenvalue weighted by atomic mass is 10.2. The Morgan fingerprint density at radius 1 is 1.10 bits per heavy atom. The molecule has 110 valence electrons. The van der Waals surface area contributed by atoms with Crippen molar-refractivity contribution in [1.29, 1.82) is 0 Å². The molecule has 0 unspecified atom stereocenters. The van der Waals surface area contributed by atoms with Crippen LogP contribution in [0.1, 0.15) is 18.1 Å². The number of nitrogens with one attached hydrogen (secondary N) is 1. The fraction of sp³-hybridized carbons (Fsp3) is 0.222. The van der Waals surface area contributed by atoms with E-state index in [1.807, 2.05) is 48.6 Å². The average Bonchev–Trinajstić information content (AvgIpc) is 2.52. The molecule has 0 bridgehead atoms. The smallest absolute Gasteiger partial charge is 0.142 e. The first kappa shape index (κ1) is 15.6. The molecule has 2 nitrogen and oxygen atoms in total. The van der Waals surface area contributed by atoms with Crippen molar-refractivity contribution >= 4 is 17.7 Å². The minimum Gasteiger partial charge on any atom is -0.488 e. The summed E-state index contributed by atoms with van der Waals surface area (Å²) in [6.45, 7) is 4.25. The lowest BCUT2D eigenvalue weighted by molar-refractivity contribution is 0.358. The second-order valence-corrected chi connectivity index (χ2v) is 5.04. The van der Waals surface area contributed by atoms with Gasteiger partial charge in [0.15, 0.2) is 0 Å². The number of benzene rings is 2. The zero-order valence-corrected chi connectivity index (χ0v) is 12.9. The van der Waals surface area contributed by atoms with E-state index in [-0.39, 0.29) is 0 Å². The minimum absolute atomic E-state index is 0.498. The second kappa shape index (κ2) is 8.50. The Hall–Kier alpha value is -1.77. The highest BCUT2D eigenvalue weighted by Crippen LogP contribution is 2.28. The molecule has 0 saturated heterocycles. The Kier molecular flexibility index (Phi) is 6.32. The number of rotatable bonds is 7. The monoisotopic (exact) mass is 301 g/mol. The molecule has 0 aliphatic rings. The highest BCUT2D eigenvalue weighted by atomic mass is 35.5. The van der Waals surface area contributed by atoms with Gasteiger partial charge in [-0.1, -0.05) is 67.1 Å². The van der Waals surface area contributed by atoms with Crippen LogP contribution >= 0.6 is 11.6 Å². The van der Waals surface area contributed by atoms with Crippen molar-refractivity contribution in [1.82, 2.24) is 5.32 Å². The van der Waals surface area contributed by atoms with Gasteiger partial charge >= 0.3 is 0 Å². The summed E-state index contributed by atoms with van der Waals surface area (Å²) in [6, 6.07) is 16.0. The van der Waals surface area contributed by atoms with Gasteiger partial charge in [-0.25, -0.2) is 0 Å². The van der Waals surface area contributed by atoms with Crippen LogP contribution in [0.25, 0.3) is 6.08 Å². The molecule has 2 aromatic rings. The third-order valence-corrected chi connectivity index (χ3v) is 3.35. The van der Waals surface area contributed by atoms with Crippen LogP contribution in [0, 0.1) is 0 Å². The average molecular weight is 302 g/mol. The molecule has 2 aromatic carbocycles. The van der Waals surface area contributed by atoms with Crippen LogP contribution in [-0.2, 0) is 6.54 Å². The van der Waals surface area contributed by atoms with Gasteiger partial charge in [0.1, 0.15) is 12.4 Å². The number of halogens is 1. The molecule has 0 radical (unpaired) electrons. The molecule has 0 atom stereocenters. The van der Waals surface area contributed by atoms with Gasteiger partial charge in [0.25, 0.3) is 0 Å². The number of para-hydroxylation sites is 1. The topological polar surface area (TPSA) is 21.3 Å². The molecule has 0 amide bonds. The van der Waals surface area contributed by atoms with Gasteiger partial charge in [0, 0.05) is 12.1 Å². The van der Waals surface area contributed by atoms with Crippen molar-refractivity contribution in [3.8, 4) is 5.75 Å². The molecule has 3 heteroatoms. The Bertz CT molecular complexity index is 581. The van der Waals surface area contributed by atoms with Crippen molar-refractivity contribution in [2.24, 2.45) is 0 Å². The van der Waals surface area contributed by atoms with Crippen LogP contribution in [0.3, 0.4) is 0 Å². The largest absolute Gasteiger partial charge is 0.488 e. The molecule has 0 fully saturated rings. The summed E-state index contributed by atoms with van der Waals surface area (Å²) in [5.41, 5.74) is 2.24. The van der Waals surface area contributed by atoms with Gasteiger partial charge in [-0.2, -0.15) is 0 Å². The maximum atomic E-state index is 6.23. The number of hydrogen-bond acceptors (Lipinski definition) is 2. The summed E-state index contributed by atoms with van der Waals surface area (Å²) in [4.78, 5) is 0. The van der Waals surface area contributed by atoms with Crippen LogP contribution in [0.5, 0.6) is 5.75 Å². The molecule has 0 saturated carbocycles. The Morgan fingerprint density at radius 3 is 2.67 bits per heavy atom. The molecular formula is C18H20ClNO. The summed E-state index contributed by atoms with van der Waals surface area (Å²) in [5, 5.41) is 3.94. The van der Waals surface area contributed by atoms with Gasteiger partial charge in [-0.05, 0) is 24.3 Å². The van der Waals surface area contributed by atoms with E-state index in [2.05, 4.69) is 24.4 Å². The number of ether oxygens (including phenoxy) is 1. The van der Waals surface area contributed by atoms with E-state index in [1.54, 1.807) is 0 Å². The van der Waals surface area contributed by atoms with Crippen LogP contribution in [0.2, 0.25) is 5.02 Å². The SMILES string of the molecule is CCNCc1cccc(Cl)c1OC/C=C/c1ccccc1. The van der Waals surface area contributed by atoms with Crippen molar-refractivity contribution in [3.63, 3.8) is 0 Å². The highest BCUT2D eigenvalue weighted by molar-refractivity contribution is 6.32. The summed E-state index contributed by atoms with van der Waals surface area (Å²) in [6.07, 6.45) is 4.04. The quantitative estimate of drug-likeness (QED) is 0.810.